The number of anilines is 2. The third kappa shape index (κ3) is 5.42. The zero-order valence-electron chi connectivity index (χ0n) is 16.0. The molecule has 0 aromatic heterocycles. The first-order chi connectivity index (χ1) is 14.2. The number of halogens is 2. The SMILES string of the molecule is C[C@H](NS(=O)(=O)c1ccc(Cl)cc1)C(=O)Nc1ccc(N2CCNC(=O)C2)c(Cl)c1. The molecule has 1 aliphatic heterocycles. The summed E-state index contributed by atoms with van der Waals surface area (Å²) in [6, 6.07) is 9.50. The molecule has 0 radical (unpaired) electrons. The lowest BCUT2D eigenvalue weighted by molar-refractivity contribution is -0.120. The summed E-state index contributed by atoms with van der Waals surface area (Å²) >= 11 is 12.1. The minimum Gasteiger partial charge on any atom is -0.359 e. The summed E-state index contributed by atoms with van der Waals surface area (Å²) in [5, 5.41) is 6.16. The second-order valence-corrected chi connectivity index (χ2v) is 9.28. The molecule has 160 valence electrons. The largest absolute Gasteiger partial charge is 0.359 e. The topological polar surface area (TPSA) is 108 Å². The Morgan fingerprint density at radius 2 is 1.87 bits per heavy atom. The zero-order chi connectivity index (χ0) is 21.9. The Balaban J connectivity index is 1.65. The van der Waals surface area contributed by atoms with E-state index in [9.17, 15) is 18.0 Å². The van der Waals surface area contributed by atoms with E-state index < -0.39 is 22.0 Å². The van der Waals surface area contributed by atoms with Gasteiger partial charge in [0.2, 0.25) is 21.8 Å². The highest BCUT2D eigenvalue weighted by Gasteiger charge is 2.23. The Morgan fingerprint density at radius 3 is 2.50 bits per heavy atom. The third-order valence-corrected chi connectivity index (χ3v) is 6.55. The first kappa shape index (κ1) is 22.4. The van der Waals surface area contributed by atoms with Crippen LogP contribution in [0, 0.1) is 0 Å². The number of carbonyl (C=O) groups excluding carboxylic acids is 2. The molecule has 0 spiro atoms. The maximum absolute atomic E-state index is 12.5. The van der Waals surface area contributed by atoms with Gasteiger partial charge in [0.25, 0.3) is 0 Å². The molecule has 30 heavy (non-hydrogen) atoms. The van der Waals surface area contributed by atoms with Gasteiger partial charge in [0.15, 0.2) is 0 Å². The Kier molecular flexibility index (Phi) is 6.87. The number of hydrogen-bond donors (Lipinski definition) is 3. The Hall–Kier alpha value is -2.33. The molecule has 0 bridgehead atoms. The van der Waals surface area contributed by atoms with E-state index in [1.165, 1.54) is 31.2 Å². The number of amides is 2. The van der Waals surface area contributed by atoms with Gasteiger partial charge in [-0.1, -0.05) is 23.2 Å². The number of piperazine rings is 1. The molecule has 1 aliphatic rings. The van der Waals surface area contributed by atoms with E-state index in [1.54, 1.807) is 18.2 Å². The number of nitrogens with zero attached hydrogens (tertiary/aromatic N) is 1. The van der Waals surface area contributed by atoms with Crippen LogP contribution >= 0.6 is 23.2 Å². The second kappa shape index (κ2) is 9.22. The van der Waals surface area contributed by atoms with Crippen LogP contribution in [-0.4, -0.2) is 45.9 Å². The summed E-state index contributed by atoms with van der Waals surface area (Å²) in [4.78, 5) is 25.9. The van der Waals surface area contributed by atoms with E-state index in [0.717, 1.165) is 0 Å². The van der Waals surface area contributed by atoms with Crippen molar-refractivity contribution in [1.82, 2.24) is 10.0 Å². The number of sulfonamides is 1. The highest BCUT2D eigenvalue weighted by Crippen LogP contribution is 2.29. The van der Waals surface area contributed by atoms with Gasteiger partial charge in [-0.25, -0.2) is 8.42 Å². The van der Waals surface area contributed by atoms with Gasteiger partial charge in [0, 0.05) is 23.8 Å². The zero-order valence-corrected chi connectivity index (χ0v) is 18.3. The average Bonchev–Trinajstić information content (AvgIpc) is 2.68. The normalized spacial score (nSPS) is 15.4. The quantitative estimate of drug-likeness (QED) is 0.599. The highest BCUT2D eigenvalue weighted by molar-refractivity contribution is 7.89. The molecule has 1 fully saturated rings. The number of benzene rings is 2. The molecule has 1 heterocycles. The first-order valence-corrected chi connectivity index (χ1v) is 11.3. The van der Waals surface area contributed by atoms with Crippen molar-refractivity contribution >= 4 is 56.4 Å². The molecule has 1 saturated heterocycles. The van der Waals surface area contributed by atoms with Crippen LogP contribution in [0.25, 0.3) is 0 Å². The molecular formula is C19H20Cl2N4O4S. The maximum atomic E-state index is 12.5. The van der Waals surface area contributed by atoms with Crippen molar-refractivity contribution in [3.63, 3.8) is 0 Å². The van der Waals surface area contributed by atoms with Crippen molar-refractivity contribution in [3.05, 3.63) is 52.5 Å². The minimum absolute atomic E-state index is 0.00418. The van der Waals surface area contributed by atoms with Gasteiger partial charge >= 0.3 is 0 Å². The van der Waals surface area contributed by atoms with Crippen LogP contribution in [0.2, 0.25) is 10.0 Å². The molecule has 2 aromatic carbocycles. The van der Waals surface area contributed by atoms with Crippen LogP contribution < -0.4 is 20.3 Å². The summed E-state index contributed by atoms with van der Waals surface area (Å²) in [5.74, 6) is -0.634. The van der Waals surface area contributed by atoms with E-state index in [1.807, 2.05) is 4.90 Å². The molecule has 1 atom stereocenters. The van der Waals surface area contributed by atoms with Gasteiger partial charge in [-0.05, 0) is 49.4 Å². The second-order valence-electron chi connectivity index (χ2n) is 6.72. The van der Waals surface area contributed by atoms with E-state index in [-0.39, 0.29) is 17.3 Å². The van der Waals surface area contributed by atoms with Crippen LogP contribution in [0.15, 0.2) is 47.4 Å². The summed E-state index contributed by atoms with van der Waals surface area (Å²) in [7, 11) is -3.89. The molecule has 2 amide bonds. The van der Waals surface area contributed by atoms with Crippen molar-refractivity contribution in [2.75, 3.05) is 29.9 Å². The van der Waals surface area contributed by atoms with Gasteiger partial charge in [0.1, 0.15) is 0 Å². The molecule has 8 nitrogen and oxygen atoms in total. The lowest BCUT2D eigenvalue weighted by Gasteiger charge is -2.29. The number of rotatable bonds is 6. The van der Waals surface area contributed by atoms with Crippen LogP contribution in [0.1, 0.15) is 6.92 Å². The monoisotopic (exact) mass is 470 g/mol. The van der Waals surface area contributed by atoms with Crippen molar-refractivity contribution in [1.29, 1.82) is 0 Å². The molecular weight excluding hydrogens is 451 g/mol. The predicted molar refractivity (Wildman–Crippen MR) is 117 cm³/mol. The minimum atomic E-state index is -3.89. The van der Waals surface area contributed by atoms with Crippen molar-refractivity contribution in [2.24, 2.45) is 0 Å². The van der Waals surface area contributed by atoms with Gasteiger partial charge in [-0.15, -0.1) is 0 Å². The molecule has 2 aromatic rings. The molecule has 11 heteroatoms. The Labute approximate surface area is 184 Å². The van der Waals surface area contributed by atoms with Crippen LogP contribution in [0.4, 0.5) is 11.4 Å². The average molecular weight is 471 g/mol. The van der Waals surface area contributed by atoms with Crippen LogP contribution in [-0.2, 0) is 19.6 Å². The van der Waals surface area contributed by atoms with Gasteiger partial charge < -0.3 is 15.5 Å². The molecule has 0 saturated carbocycles. The van der Waals surface area contributed by atoms with E-state index >= 15 is 0 Å². The van der Waals surface area contributed by atoms with Gasteiger partial charge in [-0.2, -0.15) is 4.72 Å². The van der Waals surface area contributed by atoms with Crippen molar-refractivity contribution in [3.8, 4) is 0 Å². The maximum Gasteiger partial charge on any atom is 0.242 e. The first-order valence-electron chi connectivity index (χ1n) is 9.06. The summed E-state index contributed by atoms with van der Waals surface area (Å²) in [6.45, 7) is 2.79. The fourth-order valence-corrected chi connectivity index (χ4v) is 4.53. The van der Waals surface area contributed by atoms with Crippen LogP contribution in [0.5, 0.6) is 0 Å². The van der Waals surface area contributed by atoms with Gasteiger partial charge in [0.05, 0.1) is 28.2 Å². The Bertz CT molecular complexity index is 1060. The Morgan fingerprint density at radius 1 is 1.17 bits per heavy atom. The smallest absolute Gasteiger partial charge is 0.242 e. The highest BCUT2D eigenvalue weighted by atomic mass is 35.5. The van der Waals surface area contributed by atoms with Gasteiger partial charge in [-0.3, -0.25) is 9.59 Å². The number of hydrogen-bond acceptors (Lipinski definition) is 5. The fraction of sp³-hybridized carbons (Fsp3) is 0.263. The molecule has 0 unspecified atom stereocenters. The summed E-state index contributed by atoms with van der Waals surface area (Å²) < 4.78 is 27.2. The van der Waals surface area contributed by atoms with E-state index in [0.29, 0.717) is 34.5 Å². The molecule has 0 aliphatic carbocycles. The lowest BCUT2D eigenvalue weighted by Crippen LogP contribution is -2.47. The van der Waals surface area contributed by atoms with Crippen LogP contribution in [0.3, 0.4) is 0 Å². The summed E-state index contributed by atoms with van der Waals surface area (Å²) in [6.07, 6.45) is 0. The fourth-order valence-electron chi connectivity index (χ4n) is 2.90. The standard InChI is InChI=1S/C19H20Cl2N4O4S/c1-12(24-30(28,29)15-5-2-13(20)3-6-15)19(27)23-14-4-7-17(16(21)10-14)25-9-8-22-18(26)11-25/h2-7,10,12,24H,8-9,11H2,1H3,(H,22,26)(H,23,27)/t12-/m0/s1. The van der Waals surface area contributed by atoms with E-state index in [2.05, 4.69) is 15.4 Å². The summed E-state index contributed by atoms with van der Waals surface area (Å²) in [5.41, 5.74) is 1.09. The lowest BCUT2D eigenvalue weighted by atomic mass is 10.2. The number of carbonyl (C=O) groups is 2. The van der Waals surface area contributed by atoms with Crippen molar-refractivity contribution in [2.45, 2.75) is 17.9 Å². The molecule has 3 rings (SSSR count). The molecule has 3 N–H and O–H groups in total. The number of nitrogens with one attached hydrogen (secondary N) is 3. The van der Waals surface area contributed by atoms with E-state index in [4.69, 9.17) is 23.2 Å². The van der Waals surface area contributed by atoms with Crippen molar-refractivity contribution < 1.29 is 18.0 Å². The predicted octanol–water partition coefficient (Wildman–Crippen LogP) is 2.24. The third-order valence-electron chi connectivity index (χ3n) is 4.44.